The van der Waals surface area contributed by atoms with Crippen LogP contribution in [-0.4, -0.2) is 47.6 Å². The van der Waals surface area contributed by atoms with Crippen molar-refractivity contribution in [3.63, 3.8) is 0 Å². The van der Waals surface area contributed by atoms with E-state index in [1.807, 2.05) is 60.7 Å². The average molecular weight is 540 g/mol. The number of esters is 3. The molecule has 3 rings (SSSR count). The van der Waals surface area contributed by atoms with Gasteiger partial charge in [-0.1, -0.05) is 72.9 Å². The summed E-state index contributed by atoms with van der Waals surface area (Å²) in [6.07, 6.45) is 0.274. The zero-order valence-electron chi connectivity index (χ0n) is 22.4. The number of hydrogen-bond acceptors (Lipinski definition) is 7. The SMILES string of the molecule is CCOC(=O)C[C@@H]1CC(C(=O)OCC)(C(=O)OCC)C[C@H]1C(=S)N(Cc1ccccc1)Cc1ccccc1. The van der Waals surface area contributed by atoms with E-state index < -0.39 is 23.3 Å². The van der Waals surface area contributed by atoms with Gasteiger partial charge in [0.15, 0.2) is 5.41 Å². The number of nitrogens with zero attached hydrogens (tertiary/aromatic N) is 1. The highest BCUT2D eigenvalue weighted by molar-refractivity contribution is 7.80. The number of thiocarbonyl (C=S) groups is 1. The molecule has 1 saturated carbocycles. The van der Waals surface area contributed by atoms with Crippen LogP contribution in [0.1, 0.15) is 51.2 Å². The summed E-state index contributed by atoms with van der Waals surface area (Å²) in [6.45, 7) is 6.74. The van der Waals surface area contributed by atoms with Crippen LogP contribution in [0.3, 0.4) is 0 Å². The molecule has 0 N–H and O–H groups in total. The Morgan fingerprint density at radius 1 is 0.789 bits per heavy atom. The molecule has 0 heterocycles. The zero-order chi connectivity index (χ0) is 27.5. The van der Waals surface area contributed by atoms with Gasteiger partial charge in [-0.15, -0.1) is 0 Å². The molecule has 0 radical (unpaired) electrons. The summed E-state index contributed by atoms with van der Waals surface area (Å²) in [7, 11) is 0. The van der Waals surface area contributed by atoms with E-state index in [9.17, 15) is 14.4 Å². The lowest BCUT2D eigenvalue weighted by atomic mass is 9.84. The molecule has 0 aromatic heterocycles. The largest absolute Gasteiger partial charge is 0.466 e. The van der Waals surface area contributed by atoms with Crippen LogP contribution in [0.25, 0.3) is 0 Å². The van der Waals surface area contributed by atoms with Crippen molar-refractivity contribution in [2.24, 2.45) is 17.3 Å². The van der Waals surface area contributed by atoms with Gasteiger partial charge in [-0.25, -0.2) is 0 Å². The second kappa shape index (κ2) is 14.0. The van der Waals surface area contributed by atoms with Crippen LogP contribution in [0, 0.1) is 17.3 Å². The van der Waals surface area contributed by atoms with Gasteiger partial charge in [-0.2, -0.15) is 0 Å². The highest BCUT2D eigenvalue weighted by Crippen LogP contribution is 2.50. The Bertz CT molecular complexity index is 1030. The standard InChI is InChI=1S/C30H37NO6S/c1-4-35-26(32)17-24-18-30(28(33)36-5-2,29(34)37-6-3)19-25(24)27(38)31(20-22-13-9-7-10-14-22)21-23-15-11-8-12-16-23/h7-16,24-25H,4-6,17-21H2,1-3H3/t24-,25-/m1/s1. The van der Waals surface area contributed by atoms with Crippen LogP contribution in [0.2, 0.25) is 0 Å². The van der Waals surface area contributed by atoms with Gasteiger partial charge in [0.2, 0.25) is 0 Å². The first-order valence-corrected chi connectivity index (χ1v) is 13.6. The molecule has 1 aliphatic carbocycles. The summed E-state index contributed by atoms with van der Waals surface area (Å²) < 4.78 is 16.0. The summed E-state index contributed by atoms with van der Waals surface area (Å²) in [5.74, 6) is -2.43. The molecule has 38 heavy (non-hydrogen) atoms. The average Bonchev–Trinajstić information content (AvgIpc) is 3.30. The Balaban J connectivity index is 2.00. The predicted molar refractivity (Wildman–Crippen MR) is 148 cm³/mol. The Kier molecular flexibility index (Phi) is 10.8. The van der Waals surface area contributed by atoms with Crippen molar-refractivity contribution in [2.75, 3.05) is 19.8 Å². The highest BCUT2D eigenvalue weighted by atomic mass is 32.1. The molecule has 2 aromatic carbocycles. The lowest BCUT2D eigenvalue weighted by Crippen LogP contribution is -2.41. The summed E-state index contributed by atoms with van der Waals surface area (Å²) in [5, 5.41) is 0. The van der Waals surface area contributed by atoms with E-state index in [1.165, 1.54) is 0 Å². The molecule has 0 bridgehead atoms. The van der Waals surface area contributed by atoms with Crippen molar-refractivity contribution >= 4 is 35.1 Å². The fourth-order valence-electron chi connectivity index (χ4n) is 5.16. The lowest BCUT2D eigenvalue weighted by molar-refractivity contribution is -0.172. The molecule has 0 spiro atoms. The van der Waals surface area contributed by atoms with Crippen molar-refractivity contribution < 1.29 is 28.6 Å². The molecule has 204 valence electrons. The minimum absolute atomic E-state index is 0.0454. The summed E-state index contributed by atoms with van der Waals surface area (Å²) in [5.41, 5.74) is 0.629. The van der Waals surface area contributed by atoms with Crippen molar-refractivity contribution in [2.45, 2.75) is 53.1 Å². The minimum Gasteiger partial charge on any atom is -0.466 e. The first kappa shape index (κ1) is 29.3. The fraction of sp³-hybridized carbons (Fsp3) is 0.467. The number of benzene rings is 2. The molecule has 0 amide bonds. The van der Waals surface area contributed by atoms with Gasteiger partial charge >= 0.3 is 17.9 Å². The van der Waals surface area contributed by atoms with E-state index in [1.54, 1.807) is 20.8 Å². The Morgan fingerprint density at radius 2 is 1.26 bits per heavy atom. The maximum atomic E-state index is 13.3. The third-order valence-corrected chi connectivity index (χ3v) is 7.44. The van der Waals surface area contributed by atoms with Gasteiger partial charge in [0.1, 0.15) is 0 Å². The van der Waals surface area contributed by atoms with Crippen LogP contribution in [0.4, 0.5) is 0 Å². The Morgan fingerprint density at radius 3 is 1.71 bits per heavy atom. The molecular weight excluding hydrogens is 502 g/mol. The molecule has 7 nitrogen and oxygen atoms in total. The van der Waals surface area contributed by atoms with Crippen molar-refractivity contribution in [1.29, 1.82) is 0 Å². The van der Waals surface area contributed by atoms with Gasteiger partial charge in [0, 0.05) is 25.4 Å². The zero-order valence-corrected chi connectivity index (χ0v) is 23.2. The first-order chi connectivity index (χ1) is 18.3. The van der Waals surface area contributed by atoms with Gasteiger partial charge in [0.25, 0.3) is 0 Å². The van der Waals surface area contributed by atoms with Gasteiger partial charge < -0.3 is 19.1 Å². The van der Waals surface area contributed by atoms with E-state index in [4.69, 9.17) is 26.4 Å². The van der Waals surface area contributed by atoms with E-state index >= 15 is 0 Å². The number of carbonyl (C=O) groups excluding carboxylic acids is 3. The number of hydrogen-bond donors (Lipinski definition) is 0. The summed E-state index contributed by atoms with van der Waals surface area (Å²) in [4.78, 5) is 41.8. The molecule has 2 atom stereocenters. The molecule has 1 fully saturated rings. The molecule has 0 aliphatic heterocycles. The monoisotopic (exact) mass is 539 g/mol. The minimum atomic E-state index is -1.52. The smallest absolute Gasteiger partial charge is 0.323 e. The van der Waals surface area contributed by atoms with E-state index in [0.29, 0.717) is 18.1 Å². The third-order valence-electron chi connectivity index (χ3n) is 6.88. The topological polar surface area (TPSA) is 82.1 Å². The maximum absolute atomic E-state index is 13.3. The molecule has 0 unspecified atom stereocenters. The fourth-order valence-corrected chi connectivity index (χ4v) is 5.57. The Hall–Kier alpha value is -3.26. The van der Waals surface area contributed by atoms with Crippen LogP contribution >= 0.6 is 12.2 Å². The first-order valence-electron chi connectivity index (χ1n) is 13.2. The summed E-state index contributed by atoms with van der Waals surface area (Å²) >= 11 is 6.10. The number of carbonyl (C=O) groups is 3. The van der Waals surface area contributed by atoms with E-state index in [0.717, 1.165) is 11.1 Å². The van der Waals surface area contributed by atoms with Crippen LogP contribution in [0.5, 0.6) is 0 Å². The van der Waals surface area contributed by atoms with Gasteiger partial charge in [-0.05, 0) is 50.7 Å². The molecule has 1 aliphatic rings. The van der Waals surface area contributed by atoms with E-state index in [2.05, 4.69) is 4.90 Å². The van der Waals surface area contributed by atoms with Crippen molar-refractivity contribution in [3.05, 3.63) is 71.8 Å². The number of rotatable bonds is 12. The molecular formula is C30H37NO6S. The normalized spacial score (nSPS) is 17.9. The molecule has 2 aromatic rings. The summed E-state index contributed by atoms with van der Waals surface area (Å²) in [6, 6.07) is 20.0. The van der Waals surface area contributed by atoms with Crippen LogP contribution < -0.4 is 0 Å². The van der Waals surface area contributed by atoms with Crippen LogP contribution in [0.15, 0.2) is 60.7 Å². The predicted octanol–water partition coefficient (Wildman–Crippen LogP) is 5.11. The highest BCUT2D eigenvalue weighted by Gasteiger charge is 2.59. The Labute approximate surface area is 230 Å². The van der Waals surface area contributed by atoms with Crippen LogP contribution in [-0.2, 0) is 41.7 Å². The number of ether oxygens (including phenoxy) is 3. The maximum Gasteiger partial charge on any atom is 0.323 e. The molecule has 8 heteroatoms. The van der Waals surface area contributed by atoms with Crippen molar-refractivity contribution in [3.8, 4) is 0 Å². The van der Waals surface area contributed by atoms with Crippen molar-refractivity contribution in [1.82, 2.24) is 4.90 Å². The second-order valence-corrected chi connectivity index (χ2v) is 9.89. The third kappa shape index (κ3) is 7.19. The lowest BCUT2D eigenvalue weighted by Gasteiger charge is -2.31. The molecule has 0 saturated heterocycles. The van der Waals surface area contributed by atoms with Gasteiger partial charge in [0.05, 0.1) is 24.8 Å². The quantitative estimate of drug-likeness (QED) is 0.159. The second-order valence-electron chi connectivity index (χ2n) is 9.47. The van der Waals surface area contributed by atoms with E-state index in [-0.39, 0.29) is 51.0 Å². The van der Waals surface area contributed by atoms with Gasteiger partial charge in [-0.3, -0.25) is 14.4 Å².